The Labute approximate surface area is 46.6 Å². The fourth-order valence-electron chi connectivity index (χ4n) is 0.168. The second-order valence-electron chi connectivity index (χ2n) is 0.987. The van der Waals surface area contributed by atoms with Crippen LogP contribution in [0.3, 0.4) is 0 Å². The normalized spacial score (nSPS) is 8.43. The van der Waals surface area contributed by atoms with Gasteiger partial charge in [-0.25, -0.2) is 0 Å². The van der Waals surface area contributed by atoms with Crippen LogP contribution in [0.5, 0.6) is 0 Å². The molecule has 7 heavy (non-hydrogen) atoms. The van der Waals surface area contributed by atoms with Crippen LogP contribution in [0.4, 0.5) is 8.78 Å². The smallest absolute Gasteiger partial charge is 0.174 e. The van der Waals surface area contributed by atoms with Gasteiger partial charge in [0.2, 0.25) is 0 Å². The van der Waals surface area contributed by atoms with E-state index in [4.69, 9.17) is 0 Å². The van der Waals surface area contributed by atoms with Gasteiger partial charge in [0.1, 0.15) is 0 Å². The molecule has 0 spiro atoms. The molecule has 0 saturated carbocycles. The minimum atomic E-state index is -1.63. The van der Waals surface area contributed by atoms with Gasteiger partial charge in [-0.1, -0.05) is 12.6 Å². The molecule has 0 aromatic rings. The van der Waals surface area contributed by atoms with Gasteiger partial charge < -0.3 is 0 Å². The minimum absolute atomic E-state index is 0.303. The van der Waals surface area contributed by atoms with Crippen LogP contribution in [0.25, 0.3) is 0 Å². The van der Waals surface area contributed by atoms with E-state index in [0.717, 1.165) is 6.08 Å². The third-order valence-electron chi connectivity index (χ3n) is 0.416. The maximum atomic E-state index is 11.0. The van der Waals surface area contributed by atoms with E-state index in [2.05, 4.69) is 12.6 Å². The molecule has 0 aliphatic carbocycles. The number of hydrogen-bond donors (Lipinski definition) is 0. The van der Waals surface area contributed by atoms with Gasteiger partial charge in [-0.3, -0.25) is 0 Å². The molecule has 0 N–H and O–H groups in total. The molecule has 0 heterocycles. The second-order valence-corrected chi connectivity index (χ2v) is 1.39. The third kappa shape index (κ3) is 5.95. The zero-order chi connectivity index (χ0) is 5.70. The standard InChI is InChI=1S/C4H5F2S/c5-4(6)2-1-3-7/h2H,1,3H2. The van der Waals surface area contributed by atoms with Gasteiger partial charge in [0.15, 0.2) is 0 Å². The fourth-order valence-corrected chi connectivity index (χ4v) is 0.286. The fraction of sp³-hybridized carbons (Fsp3) is 0.500. The van der Waals surface area contributed by atoms with E-state index in [-0.39, 0.29) is 0 Å². The Morgan fingerprint density at radius 3 is 2.29 bits per heavy atom. The van der Waals surface area contributed by atoms with E-state index in [9.17, 15) is 8.78 Å². The van der Waals surface area contributed by atoms with Crippen LogP contribution in [0, 0.1) is 0 Å². The molecule has 1 radical (unpaired) electrons. The predicted octanol–water partition coefficient (Wildman–Crippen LogP) is 2.35. The van der Waals surface area contributed by atoms with Crippen molar-refractivity contribution in [3.63, 3.8) is 0 Å². The number of rotatable bonds is 2. The molecule has 0 aliphatic rings. The van der Waals surface area contributed by atoms with Crippen molar-refractivity contribution >= 4 is 12.6 Å². The second kappa shape index (κ2) is 4.12. The van der Waals surface area contributed by atoms with Crippen LogP contribution in [0.2, 0.25) is 0 Å². The van der Waals surface area contributed by atoms with Gasteiger partial charge in [-0.15, -0.1) is 0 Å². The van der Waals surface area contributed by atoms with Crippen molar-refractivity contribution in [3.8, 4) is 0 Å². The van der Waals surface area contributed by atoms with Crippen molar-refractivity contribution in [3.05, 3.63) is 12.2 Å². The van der Waals surface area contributed by atoms with Crippen LogP contribution in [-0.4, -0.2) is 5.75 Å². The van der Waals surface area contributed by atoms with Crippen LogP contribution in [-0.2, 0) is 0 Å². The summed E-state index contributed by atoms with van der Waals surface area (Å²) >= 11 is 4.39. The van der Waals surface area contributed by atoms with Crippen molar-refractivity contribution in [2.75, 3.05) is 5.75 Å². The Hall–Kier alpha value is -0.0500. The summed E-state index contributed by atoms with van der Waals surface area (Å²) in [5, 5.41) is 0. The number of allylic oxidation sites excluding steroid dienone is 1. The molecule has 3 heteroatoms. The summed E-state index contributed by atoms with van der Waals surface area (Å²) in [6.07, 6.45) is -0.505. The third-order valence-corrected chi connectivity index (χ3v) is 0.652. The highest BCUT2D eigenvalue weighted by Gasteiger charge is 1.83. The summed E-state index contributed by atoms with van der Waals surface area (Å²) in [4.78, 5) is 0. The molecule has 0 atom stereocenters. The lowest BCUT2D eigenvalue weighted by molar-refractivity contribution is 0.418. The van der Waals surface area contributed by atoms with Crippen molar-refractivity contribution < 1.29 is 8.78 Å². The monoisotopic (exact) mass is 123 g/mol. The van der Waals surface area contributed by atoms with E-state index < -0.39 is 6.08 Å². The molecule has 0 aliphatic heterocycles. The highest BCUT2D eigenvalue weighted by atomic mass is 32.1. The molecule has 41 valence electrons. The van der Waals surface area contributed by atoms with Crippen LogP contribution >= 0.6 is 12.6 Å². The topological polar surface area (TPSA) is 0 Å². The van der Waals surface area contributed by atoms with Gasteiger partial charge in [0.05, 0.1) is 0 Å². The van der Waals surface area contributed by atoms with Gasteiger partial charge >= 0.3 is 0 Å². The number of halogens is 2. The van der Waals surface area contributed by atoms with Crippen molar-refractivity contribution in [1.82, 2.24) is 0 Å². The van der Waals surface area contributed by atoms with E-state index in [1.54, 1.807) is 0 Å². The molecule has 0 fully saturated rings. The van der Waals surface area contributed by atoms with Gasteiger partial charge in [0, 0.05) is 5.75 Å². The lowest BCUT2D eigenvalue weighted by Crippen LogP contribution is -1.66. The largest absolute Gasteiger partial charge is 0.266 e. The average molecular weight is 123 g/mol. The van der Waals surface area contributed by atoms with Crippen molar-refractivity contribution in [2.45, 2.75) is 6.42 Å². The lowest BCUT2D eigenvalue weighted by atomic mass is 10.5. The Morgan fingerprint density at radius 1 is 1.57 bits per heavy atom. The highest BCUT2D eigenvalue weighted by molar-refractivity contribution is 7.80. The van der Waals surface area contributed by atoms with Crippen LogP contribution in [0.15, 0.2) is 12.2 Å². The Bertz CT molecular complexity index is 66.1. The van der Waals surface area contributed by atoms with Crippen molar-refractivity contribution in [2.24, 2.45) is 0 Å². The first-order chi connectivity index (χ1) is 3.27. The molecule has 0 bridgehead atoms. The van der Waals surface area contributed by atoms with E-state index in [0.29, 0.717) is 12.2 Å². The molecule has 0 aromatic heterocycles. The summed E-state index contributed by atoms with van der Waals surface area (Å²) < 4.78 is 22.1. The van der Waals surface area contributed by atoms with Gasteiger partial charge in [-0.2, -0.15) is 8.78 Å². The molecule has 0 saturated heterocycles. The zero-order valence-electron chi connectivity index (χ0n) is 3.66. The van der Waals surface area contributed by atoms with E-state index in [1.807, 2.05) is 0 Å². The average Bonchev–Trinajstić information content (AvgIpc) is 1.61. The van der Waals surface area contributed by atoms with Gasteiger partial charge in [-0.05, 0) is 12.5 Å². The zero-order valence-corrected chi connectivity index (χ0v) is 4.47. The lowest BCUT2D eigenvalue weighted by Gasteiger charge is -1.77. The summed E-state index contributed by atoms with van der Waals surface area (Å²) in [5.74, 6) is 0.372. The van der Waals surface area contributed by atoms with E-state index in [1.165, 1.54) is 0 Å². The summed E-state index contributed by atoms with van der Waals surface area (Å²) in [7, 11) is 0. The Kier molecular flexibility index (Phi) is 4.09. The minimum Gasteiger partial charge on any atom is -0.174 e. The maximum absolute atomic E-state index is 11.0. The van der Waals surface area contributed by atoms with Crippen LogP contribution < -0.4 is 0 Å². The molecular formula is C4H5F2S. The predicted molar refractivity (Wildman–Crippen MR) is 27.4 cm³/mol. The highest BCUT2D eigenvalue weighted by Crippen LogP contribution is 1.98. The Balaban J connectivity index is 3.08. The first kappa shape index (κ1) is 6.95. The van der Waals surface area contributed by atoms with E-state index >= 15 is 0 Å². The summed E-state index contributed by atoms with van der Waals surface area (Å²) in [6, 6.07) is 0. The molecule has 0 nitrogen and oxygen atoms in total. The molecule has 0 aromatic carbocycles. The Morgan fingerprint density at radius 2 is 2.14 bits per heavy atom. The molecule has 0 rings (SSSR count). The first-order valence-corrected chi connectivity index (χ1v) is 2.44. The first-order valence-electron chi connectivity index (χ1n) is 1.86. The molecular weight excluding hydrogens is 118 g/mol. The SMILES string of the molecule is FC(F)=CCC[S]. The molecule has 0 amide bonds. The summed E-state index contributed by atoms with van der Waals surface area (Å²) in [5.41, 5.74) is 0. The van der Waals surface area contributed by atoms with Crippen LogP contribution in [0.1, 0.15) is 6.42 Å². The van der Waals surface area contributed by atoms with Gasteiger partial charge in [0.25, 0.3) is 6.08 Å². The summed E-state index contributed by atoms with van der Waals surface area (Å²) in [6.45, 7) is 0. The molecule has 0 unspecified atom stereocenters. The number of hydrogen-bond acceptors (Lipinski definition) is 0. The maximum Gasteiger partial charge on any atom is 0.266 e. The van der Waals surface area contributed by atoms with Crippen molar-refractivity contribution in [1.29, 1.82) is 0 Å². The quantitative estimate of drug-likeness (QED) is 0.528.